The molecule has 0 radical (unpaired) electrons. The van der Waals surface area contributed by atoms with E-state index in [1.807, 2.05) is 0 Å². The number of ether oxygens (including phenoxy) is 1. The van der Waals surface area contributed by atoms with Gasteiger partial charge in [0.05, 0.1) is 18.8 Å². The summed E-state index contributed by atoms with van der Waals surface area (Å²) in [5.41, 5.74) is 2.31. The van der Waals surface area contributed by atoms with Crippen molar-refractivity contribution >= 4 is 0 Å². The molecular weight excluding hydrogens is 312 g/mol. The van der Waals surface area contributed by atoms with Crippen LogP contribution in [0.15, 0.2) is 24.3 Å². The lowest BCUT2D eigenvalue weighted by Gasteiger charge is -2.45. The molecule has 3 aliphatic rings. The lowest BCUT2D eigenvalue weighted by atomic mass is 9.70. The Morgan fingerprint density at radius 2 is 1.72 bits per heavy atom. The van der Waals surface area contributed by atoms with Gasteiger partial charge in [0.1, 0.15) is 0 Å². The molecule has 4 rings (SSSR count). The Kier molecular flexibility index (Phi) is 5.41. The van der Waals surface area contributed by atoms with Gasteiger partial charge >= 0.3 is 0 Å². The molecule has 1 saturated carbocycles. The van der Waals surface area contributed by atoms with Crippen LogP contribution in [-0.2, 0) is 11.3 Å². The van der Waals surface area contributed by atoms with E-state index in [1.165, 1.54) is 30.4 Å². The molecule has 4 heteroatoms. The molecule has 1 atom stereocenters. The first-order valence-electron chi connectivity index (χ1n) is 10.1. The molecule has 2 heterocycles. The summed E-state index contributed by atoms with van der Waals surface area (Å²) in [6.45, 7) is 8.05. The Morgan fingerprint density at radius 3 is 2.52 bits per heavy atom. The summed E-state index contributed by atoms with van der Waals surface area (Å²) in [6, 6.07) is 8.80. The molecule has 25 heavy (non-hydrogen) atoms. The average molecular weight is 344 g/mol. The molecule has 0 spiro atoms. The van der Waals surface area contributed by atoms with E-state index >= 15 is 0 Å². The highest BCUT2D eigenvalue weighted by Gasteiger charge is 2.42. The van der Waals surface area contributed by atoms with Gasteiger partial charge in [0, 0.05) is 45.2 Å². The molecule has 2 aliphatic heterocycles. The fourth-order valence-electron chi connectivity index (χ4n) is 4.93. The summed E-state index contributed by atoms with van der Waals surface area (Å²) in [4.78, 5) is 5.07. The van der Waals surface area contributed by atoms with E-state index in [0.717, 1.165) is 65.3 Å². The average Bonchev–Trinajstić information content (AvgIpc) is 2.67. The third kappa shape index (κ3) is 3.92. The van der Waals surface area contributed by atoms with E-state index in [0.29, 0.717) is 0 Å². The lowest BCUT2D eigenvalue weighted by molar-refractivity contribution is -0.0371. The number of nitrogens with zero attached hydrogens (tertiary/aromatic N) is 2. The first-order chi connectivity index (χ1) is 12.2. The molecule has 0 aromatic heterocycles. The quantitative estimate of drug-likeness (QED) is 0.911. The van der Waals surface area contributed by atoms with Crippen LogP contribution in [0.3, 0.4) is 0 Å². The molecule has 138 valence electrons. The fourth-order valence-corrected chi connectivity index (χ4v) is 4.93. The summed E-state index contributed by atoms with van der Waals surface area (Å²) in [5, 5.41) is 11.4. The maximum Gasteiger partial charge on any atom is 0.0728 e. The van der Waals surface area contributed by atoms with Gasteiger partial charge < -0.3 is 9.84 Å². The monoisotopic (exact) mass is 344 g/mol. The van der Waals surface area contributed by atoms with Crippen molar-refractivity contribution in [3.8, 4) is 0 Å². The summed E-state index contributed by atoms with van der Waals surface area (Å²) in [6.07, 6.45) is 5.54. The standard InChI is InChI=1S/C21H32N2O2/c24-21(8-4-1-5-9-21)20-17-23(11-10-22-12-14-25-15-13-22)16-18-6-2-3-7-19(18)20/h2-3,6-7,20,24H,1,4-5,8-17H2. The molecule has 1 saturated heterocycles. The molecule has 1 aromatic rings. The van der Waals surface area contributed by atoms with Crippen molar-refractivity contribution < 1.29 is 9.84 Å². The van der Waals surface area contributed by atoms with Gasteiger partial charge in [-0.3, -0.25) is 9.80 Å². The van der Waals surface area contributed by atoms with Gasteiger partial charge in [0.15, 0.2) is 0 Å². The zero-order valence-corrected chi connectivity index (χ0v) is 15.3. The first-order valence-corrected chi connectivity index (χ1v) is 10.1. The molecule has 1 N–H and O–H groups in total. The highest BCUT2D eigenvalue weighted by Crippen LogP contribution is 2.43. The van der Waals surface area contributed by atoms with E-state index in [-0.39, 0.29) is 5.92 Å². The van der Waals surface area contributed by atoms with Crippen LogP contribution >= 0.6 is 0 Å². The van der Waals surface area contributed by atoms with Gasteiger partial charge in [0.25, 0.3) is 0 Å². The Bertz CT molecular complexity index is 565. The van der Waals surface area contributed by atoms with Crippen LogP contribution in [0.2, 0.25) is 0 Å². The second-order valence-corrected chi connectivity index (χ2v) is 8.10. The van der Waals surface area contributed by atoms with Gasteiger partial charge in [0.2, 0.25) is 0 Å². The van der Waals surface area contributed by atoms with Crippen molar-refractivity contribution in [1.29, 1.82) is 0 Å². The number of aliphatic hydroxyl groups is 1. The summed E-state index contributed by atoms with van der Waals surface area (Å²) in [7, 11) is 0. The van der Waals surface area contributed by atoms with E-state index in [1.54, 1.807) is 0 Å². The summed E-state index contributed by atoms with van der Waals surface area (Å²) < 4.78 is 5.46. The molecule has 1 aliphatic carbocycles. The van der Waals surface area contributed by atoms with Crippen molar-refractivity contribution in [3.63, 3.8) is 0 Å². The molecule has 0 amide bonds. The Morgan fingerprint density at radius 1 is 1.00 bits per heavy atom. The van der Waals surface area contributed by atoms with Crippen LogP contribution in [0.5, 0.6) is 0 Å². The third-order valence-corrected chi connectivity index (χ3v) is 6.47. The van der Waals surface area contributed by atoms with Crippen LogP contribution in [0.25, 0.3) is 0 Å². The fraction of sp³-hybridized carbons (Fsp3) is 0.714. The van der Waals surface area contributed by atoms with Crippen molar-refractivity contribution in [1.82, 2.24) is 9.80 Å². The first kappa shape index (κ1) is 17.5. The van der Waals surface area contributed by atoms with E-state index in [4.69, 9.17) is 4.74 Å². The Hall–Kier alpha value is -0.940. The molecule has 1 aromatic carbocycles. The number of hydrogen-bond acceptors (Lipinski definition) is 4. The number of benzene rings is 1. The number of rotatable bonds is 4. The van der Waals surface area contributed by atoms with Crippen LogP contribution in [0.4, 0.5) is 0 Å². The van der Waals surface area contributed by atoms with Crippen molar-refractivity contribution in [2.75, 3.05) is 45.9 Å². The minimum atomic E-state index is -0.508. The SMILES string of the molecule is OC1(C2CN(CCN3CCOCC3)Cc3ccccc32)CCCCC1. The second kappa shape index (κ2) is 7.75. The number of morpholine rings is 1. The van der Waals surface area contributed by atoms with Gasteiger partial charge in [-0.15, -0.1) is 0 Å². The second-order valence-electron chi connectivity index (χ2n) is 8.10. The van der Waals surface area contributed by atoms with Crippen molar-refractivity contribution in [2.45, 2.75) is 50.2 Å². The minimum absolute atomic E-state index is 0.266. The normalized spacial score (nSPS) is 27.8. The zero-order valence-electron chi connectivity index (χ0n) is 15.3. The molecule has 4 nitrogen and oxygen atoms in total. The topological polar surface area (TPSA) is 35.9 Å². The Labute approximate surface area is 151 Å². The summed E-state index contributed by atoms with van der Waals surface area (Å²) >= 11 is 0. The van der Waals surface area contributed by atoms with Crippen LogP contribution in [0.1, 0.15) is 49.1 Å². The van der Waals surface area contributed by atoms with Crippen molar-refractivity contribution in [3.05, 3.63) is 35.4 Å². The highest BCUT2D eigenvalue weighted by molar-refractivity contribution is 5.35. The van der Waals surface area contributed by atoms with Crippen LogP contribution in [0, 0.1) is 0 Å². The summed E-state index contributed by atoms with van der Waals surface area (Å²) in [5.74, 6) is 0.266. The van der Waals surface area contributed by atoms with Gasteiger partial charge in [-0.2, -0.15) is 0 Å². The maximum absolute atomic E-state index is 11.4. The Balaban J connectivity index is 1.48. The smallest absolute Gasteiger partial charge is 0.0728 e. The third-order valence-electron chi connectivity index (χ3n) is 6.47. The van der Waals surface area contributed by atoms with Gasteiger partial charge in [-0.05, 0) is 24.0 Å². The van der Waals surface area contributed by atoms with Gasteiger partial charge in [-0.25, -0.2) is 0 Å². The predicted octanol–water partition coefficient (Wildman–Crippen LogP) is 2.61. The van der Waals surface area contributed by atoms with Crippen LogP contribution < -0.4 is 0 Å². The minimum Gasteiger partial charge on any atom is -0.389 e. The lowest BCUT2D eigenvalue weighted by Crippen LogP contribution is -2.49. The predicted molar refractivity (Wildman–Crippen MR) is 99.8 cm³/mol. The number of hydrogen-bond donors (Lipinski definition) is 1. The zero-order chi connectivity index (χ0) is 17.1. The molecule has 1 unspecified atom stereocenters. The largest absolute Gasteiger partial charge is 0.389 e. The highest BCUT2D eigenvalue weighted by atomic mass is 16.5. The maximum atomic E-state index is 11.4. The van der Waals surface area contributed by atoms with Gasteiger partial charge in [-0.1, -0.05) is 43.5 Å². The van der Waals surface area contributed by atoms with Crippen LogP contribution in [-0.4, -0.2) is 66.4 Å². The van der Waals surface area contributed by atoms with Crippen molar-refractivity contribution in [2.24, 2.45) is 0 Å². The number of fused-ring (bicyclic) bond motifs is 1. The molecular formula is C21H32N2O2. The van der Waals surface area contributed by atoms with E-state index in [9.17, 15) is 5.11 Å². The van der Waals surface area contributed by atoms with E-state index < -0.39 is 5.60 Å². The molecule has 0 bridgehead atoms. The molecule has 2 fully saturated rings. The van der Waals surface area contributed by atoms with E-state index in [2.05, 4.69) is 34.1 Å².